The molecule has 0 saturated heterocycles. The van der Waals surface area contributed by atoms with Gasteiger partial charge in [-0.1, -0.05) is 12.1 Å². The fraction of sp³-hybridized carbons (Fsp3) is 0.316. The number of carbonyl (C=O) groups excluding carboxylic acids is 1. The number of para-hydroxylation sites is 2. The summed E-state index contributed by atoms with van der Waals surface area (Å²) in [6, 6.07) is 11.1. The number of hydrogen-bond donors (Lipinski definition) is 0. The molecular formula is C19H22N4O3. The largest absolute Gasteiger partial charge is 0.467 e. The van der Waals surface area contributed by atoms with Crippen LogP contribution in [-0.2, 0) is 17.9 Å². The molecular weight excluding hydrogens is 332 g/mol. The number of hydrogen-bond acceptors (Lipinski definition) is 5. The third-order valence-corrected chi connectivity index (χ3v) is 4.21. The Bertz CT molecular complexity index is 961. The van der Waals surface area contributed by atoms with E-state index in [1.54, 1.807) is 47.8 Å². The van der Waals surface area contributed by atoms with E-state index in [0.29, 0.717) is 18.9 Å². The van der Waals surface area contributed by atoms with Crippen molar-refractivity contribution in [2.24, 2.45) is 0 Å². The fourth-order valence-corrected chi connectivity index (χ4v) is 2.82. The average Bonchev–Trinajstić information content (AvgIpc) is 3.13. The molecule has 0 aliphatic rings. The van der Waals surface area contributed by atoms with Gasteiger partial charge in [0.15, 0.2) is 5.82 Å². The van der Waals surface area contributed by atoms with Crippen LogP contribution in [0.5, 0.6) is 0 Å². The van der Waals surface area contributed by atoms with Crippen molar-refractivity contribution in [3.8, 4) is 0 Å². The van der Waals surface area contributed by atoms with E-state index >= 15 is 0 Å². The molecule has 26 heavy (non-hydrogen) atoms. The summed E-state index contributed by atoms with van der Waals surface area (Å²) in [6.07, 6.45) is 1.80. The van der Waals surface area contributed by atoms with Crippen molar-refractivity contribution < 1.29 is 9.21 Å². The van der Waals surface area contributed by atoms with Crippen LogP contribution in [0.15, 0.2) is 51.9 Å². The van der Waals surface area contributed by atoms with Crippen molar-refractivity contribution in [2.45, 2.75) is 19.5 Å². The number of furan rings is 1. The Labute approximate surface area is 151 Å². The third kappa shape index (κ3) is 3.61. The molecule has 0 aliphatic heterocycles. The Morgan fingerprint density at radius 3 is 2.62 bits per heavy atom. The first-order chi connectivity index (χ1) is 12.5. The lowest BCUT2D eigenvalue weighted by Gasteiger charge is -2.18. The number of anilines is 1. The fourth-order valence-electron chi connectivity index (χ4n) is 2.82. The number of carbonyl (C=O) groups is 1. The van der Waals surface area contributed by atoms with Gasteiger partial charge in [0.1, 0.15) is 5.76 Å². The molecule has 0 N–H and O–H groups in total. The Morgan fingerprint density at radius 2 is 1.92 bits per heavy atom. The van der Waals surface area contributed by atoms with E-state index in [4.69, 9.17) is 4.42 Å². The zero-order valence-corrected chi connectivity index (χ0v) is 15.2. The van der Waals surface area contributed by atoms with Crippen molar-refractivity contribution >= 4 is 22.8 Å². The van der Waals surface area contributed by atoms with Gasteiger partial charge in [-0.05, 0) is 24.3 Å². The van der Waals surface area contributed by atoms with Crippen molar-refractivity contribution in [2.75, 3.05) is 26.0 Å². The molecule has 0 bridgehead atoms. The average molecular weight is 354 g/mol. The molecule has 2 heterocycles. The normalized spacial score (nSPS) is 10.9. The number of aryl methyl sites for hydroxylation is 1. The molecule has 0 fully saturated rings. The summed E-state index contributed by atoms with van der Waals surface area (Å²) in [6.45, 7) is 0.699. The predicted octanol–water partition coefficient (Wildman–Crippen LogP) is 2.10. The maximum absolute atomic E-state index is 12.8. The number of nitrogens with zero attached hydrogens (tertiary/aromatic N) is 4. The first-order valence-electron chi connectivity index (χ1n) is 8.40. The second-order valence-electron chi connectivity index (χ2n) is 6.35. The van der Waals surface area contributed by atoms with Gasteiger partial charge in [-0.3, -0.25) is 9.59 Å². The van der Waals surface area contributed by atoms with Crippen LogP contribution in [0.25, 0.3) is 11.0 Å². The van der Waals surface area contributed by atoms with Crippen molar-refractivity contribution in [3.05, 3.63) is 58.8 Å². The molecule has 3 rings (SSSR count). The lowest BCUT2D eigenvalue weighted by atomic mass is 10.2. The molecule has 1 aromatic carbocycles. The summed E-state index contributed by atoms with van der Waals surface area (Å²) < 4.78 is 6.89. The number of fused-ring (bicyclic) bond motifs is 1. The summed E-state index contributed by atoms with van der Waals surface area (Å²) in [4.78, 5) is 33.0. The molecule has 7 heteroatoms. The first kappa shape index (κ1) is 17.7. The Balaban J connectivity index is 1.83. The van der Waals surface area contributed by atoms with Gasteiger partial charge in [-0.15, -0.1) is 0 Å². The van der Waals surface area contributed by atoms with E-state index in [2.05, 4.69) is 4.98 Å². The summed E-state index contributed by atoms with van der Waals surface area (Å²) in [5.74, 6) is 1.03. The highest BCUT2D eigenvalue weighted by molar-refractivity contribution is 5.78. The van der Waals surface area contributed by atoms with Gasteiger partial charge < -0.3 is 18.8 Å². The van der Waals surface area contributed by atoms with Gasteiger partial charge in [0.2, 0.25) is 5.91 Å². The van der Waals surface area contributed by atoms with Crippen molar-refractivity contribution in [1.82, 2.24) is 14.5 Å². The van der Waals surface area contributed by atoms with E-state index in [0.717, 1.165) is 16.8 Å². The van der Waals surface area contributed by atoms with Gasteiger partial charge >= 0.3 is 0 Å². The number of aromatic nitrogens is 2. The van der Waals surface area contributed by atoms with Gasteiger partial charge in [-0.25, -0.2) is 4.98 Å². The molecule has 0 aliphatic carbocycles. The van der Waals surface area contributed by atoms with Crippen molar-refractivity contribution in [3.63, 3.8) is 0 Å². The minimum atomic E-state index is -0.199. The van der Waals surface area contributed by atoms with Gasteiger partial charge in [0.05, 0.1) is 23.8 Å². The zero-order valence-electron chi connectivity index (χ0n) is 15.2. The van der Waals surface area contributed by atoms with Crippen LogP contribution in [0, 0.1) is 0 Å². The number of amides is 1. The maximum Gasteiger partial charge on any atom is 0.293 e. The summed E-state index contributed by atoms with van der Waals surface area (Å²) >= 11 is 0. The maximum atomic E-state index is 12.8. The zero-order chi connectivity index (χ0) is 18.7. The lowest BCUT2D eigenvalue weighted by Crippen LogP contribution is -2.32. The molecule has 0 saturated carbocycles. The molecule has 3 aromatic rings. The third-order valence-electron chi connectivity index (χ3n) is 4.21. The standard InChI is InChI=1S/C19H22N4O3/c1-21(2)18-19(25)23(16-9-5-4-8-15(16)20-18)11-10-17(24)22(3)13-14-7-6-12-26-14/h4-9,12H,10-11,13H2,1-3H3. The van der Waals surface area contributed by atoms with Crippen LogP contribution in [0.4, 0.5) is 5.82 Å². The second kappa shape index (κ2) is 7.43. The van der Waals surface area contributed by atoms with E-state index < -0.39 is 0 Å². The smallest absolute Gasteiger partial charge is 0.293 e. The van der Waals surface area contributed by atoms with Gasteiger partial charge in [0, 0.05) is 34.1 Å². The Hall–Kier alpha value is -3.09. The number of rotatable bonds is 6. The quantitative estimate of drug-likeness (QED) is 0.678. The summed E-state index contributed by atoms with van der Waals surface area (Å²) in [7, 11) is 5.29. The molecule has 7 nitrogen and oxygen atoms in total. The van der Waals surface area contributed by atoms with Crippen LogP contribution in [0.1, 0.15) is 12.2 Å². The Morgan fingerprint density at radius 1 is 1.15 bits per heavy atom. The summed E-state index contributed by atoms with van der Waals surface area (Å²) in [5.41, 5.74) is 1.26. The highest BCUT2D eigenvalue weighted by Crippen LogP contribution is 2.14. The highest BCUT2D eigenvalue weighted by Gasteiger charge is 2.15. The molecule has 1 amide bonds. The topological polar surface area (TPSA) is 71.6 Å². The van der Waals surface area contributed by atoms with E-state index in [-0.39, 0.29) is 17.9 Å². The van der Waals surface area contributed by atoms with Crippen LogP contribution in [-0.4, -0.2) is 41.5 Å². The van der Waals surface area contributed by atoms with E-state index in [9.17, 15) is 9.59 Å². The van der Waals surface area contributed by atoms with Crippen molar-refractivity contribution in [1.29, 1.82) is 0 Å². The van der Waals surface area contributed by atoms with E-state index in [1.807, 2.05) is 30.3 Å². The molecule has 2 aromatic heterocycles. The summed E-state index contributed by atoms with van der Waals surface area (Å²) in [5, 5.41) is 0. The molecule has 0 unspecified atom stereocenters. The minimum Gasteiger partial charge on any atom is -0.467 e. The molecule has 0 atom stereocenters. The molecule has 0 spiro atoms. The van der Waals surface area contributed by atoms with E-state index in [1.165, 1.54) is 0 Å². The monoisotopic (exact) mass is 354 g/mol. The van der Waals surface area contributed by atoms with Crippen LogP contribution in [0.3, 0.4) is 0 Å². The number of benzene rings is 1. The minimum absolute atomic E-state index is 0.0550. The first-order valence-corrected chi connectivity index (χ1v) is 8.40. The second-order valence-corrected chi connectivity index (χ2v) is 6.35. The van der Waals surface area contributed by atoms with Crippen LogP contribution in [0.2, 0.25) is 0 Å². The van der Waals surface area contributed by atoms with Crippen LogP contribution < -0.4 is 10.5 Å². The molecule has 136 valence electrons. The SMILES string of the molecule is CN(Cc1ccco1)C(=O)CCn1c(=O)c(N(C)C)nc2ccccc21. The molecule has 0 radical (unpaired) electrons. The van der Waals surface area contributed by atoms with Gasteiger partial charge in [0.25, 0.3) is 5.56 Å². The predicted molar refractivity (Wildman–Crippen MR) is 100 cm³/mol. The van der Waals surface area contributed by atoms with Gasteiger partial charge in [-0.2, -0.15) is 0 Å². The highest BCUT2D eigenvalue weighted by atomic mass is 16.3. The van der Waals surface area contributed by atoms with Crippen LogP contribution >= 0.6 is 0 Å². The Kier molecular flexibility index (Phi) is 5.06. The lowest BCUT2D eigenvalue weighted by molar-refractivity contribution is -0.130.